The Balaban J connectivity index is 2.89. The van der Waals surface area contributed by atoms with Gasteiger partial charge in [-0.1, -0.05) is 0 Å². The minimum absolute atomic E-state index is 0.361. The van der Waals surface area contributed by atoms with Crippen LogP contribution in [-0.2, 0) is 16.1 Å². The first-order valence-electron chi connectivity index (χ1n) is 11.5. The van der Waals surface area contributed by atoms with Gasteiger partial charge >= 0.3 is 179 Å². The number of unbranched alkanes of at least 4 members (excludes halogenated alkanes) is 3. The van der Waals surface area contributed by atoms with Crippen molar-refractivity contribution in [3.8, 4) is 0 Å². The van der Waals surface area contributed by atoms with Crippen LogP contribution in [0.5, 0.6) is 0 Å². The number of rotatable bonds is 16. The standard InChI is InChI=1S/C13H17O2.3C4H9.Sn/c1-3-12(2)9-14-11-15-10-13-7-5-4-6-8-13;3*1-3-4-2;/h3-9H,10-11H2,1-2H3;3*1,3-4H2,2H3;/b12-3+;;;;. The number of ether oxygens (including phenoxy) is 2. The first-order valence-corrected chi connectivity index (χ1v) is 19.2. The molecule has 1 unspecified atom stereocenters. The third-order valence-corrected chi connectivity index (χ3v) is 22.4. The first kappa shape index (κ1) is 25.7. The molecule has 160 valence electrons. The molecule has 0 radical (unpaired) electrons. The molecule has 0 saturated heterocycles. The van der Waals surface area contributed by atoms with Crippen molar-refractivity contribution in [1.29, 1.82) is 0 Å². The van der Waals surface area contributed by atoms with Crippen molar-refractivity contribution in [2.75, 3.05) is 6.79 Å². The molecule has 1 aromatic rings. The van der Waals surface area contributed by atoms with Gasteiger partial charge in [-0.05, 0) is 0 Å². The fourth-order valence-electron chi connectivity index (χ4n) is 4.15. The molecule has 28 heavy (non-hydrogen) atoms. The summed E-state index contributed by atoms with van der Waals surface area (Å²) in [6.07, 6.45) is 10.3. The van der Waals surface area contributed by atoms with E-state index in [0.29, 0.717) is 17.5 Å². The monoisotopic (exact) mass is 496 g/mol. The molecule has 0 spiro atoms. The molecule has 3 heteroatoms. The van der Waals surface area contributed by atoms with E-state index < -0.39 is 18.4 Å². The first-order chi connectivity index (χ1) is 13.6. The van der Waals surface area contributed by atoms with E-state index in [9.17, 15) is 0 Å². The minimum atomic E-state index is -2.49. The van der Waals surface area contributed by atoms with E-state index in [1.165, 1.54) is 63.0 Å². The molecule has 0 aliphatic carbocycles. The molecule has 0 amide bonds. The third kappa shape index (κ3) is 9.00. The second-order valence-electron chi connectivity index (χ2n) is 8.20. The maximum atomic E-state index is 6.58. The Bertz CT molecular complexity index is 505. The summed E-state index contributed by atoms with van der Waals surface area (Å²) in [5.74, 6) is 0. The van der Waals surface area contributed by atoms with Gasteiger partial charge in [-0.3, -0.25) is 0 Å². The van der Waals surface area contributed by atoms with Crippen LogP contribution in [0.3, 0.4) is 0 Å². The molecule has 1 aromatic carbocycles. The second kappa shape index (κ2) is 15.5. The molecule has 0 bridgehead atoms. The number of allylic oxidation sites excluding steroid dienone is 1. The van der Waals surface area contributed by atoms with Gasteiger partial charge < -0.3 is 0 Å². The van der Waals surface area contributed by atoms with Crippen molar-refractivity contribution in [3.63, 3.8) is 0 Å². The van der Waals surface area contributed by atoms with Crippen molar-refractivity contribution in [2.45, 2.75) is 97.2 Å². The van der Waals surface area contributed by atoms with Crippen LogP contribution in [0.1, 0.15) is 78.7 Å². The number of hydrogen-bond donors (Lipinski definition) is 0. The molecule has 1 rings (SSSR count). The Labute approximate surface area is 179 Å². The van der Waals surface area contributed by atoms with Gasteiger partial charge in [-0.15, -0.1) is 0 Å². The molecule has 0 saturated carbocycles. The van der Waals surface area contributed by atoms with E-state index in [2.05, 4.69) is 65.0 Å². The molecule has 0 aromatic heterocycles. The molecule has 0 heterocycles. The summed E-state index contributed by atoms with van der Waals surface area (Å²) in [6, 6.07) is 10.4. The van der Waals surface area contributed by atoms with E-state index in [0.717, 1.165) is 0 Å². The zero-order chi connectivity index (χ0) is 20.7. The summed E-state index contributed by atoms with van der Waals surface area (Å²) < 4.78 is 17.2. The molecule has 0 N–H and O–H groups in total. The molecular formula is C25H44O2Sn. The average molecular weight is 495 g/mol. The van der Waals surface area contributed by atoms with Crippen LogP contribution in [0.15, 0.2) is 42.0 Å². The molecular weight excluding hydrogens is 451 g/mol. The predicted octanol–water partition coefficient (Wildman–Crippen LogP) is 7.90. The fourth-order valence-corrected chi connectivity index (χ4v) is 22.0. The van der Waals surface area contributed by atoms with Gasteiger partial charge in [0.05, 0.1) is 0 Å². The molecule has 1 atom stereocenters. The number of hydrogen-bond acceptors (Lipinski definition) is 2. The zero-order valence-corrected chi connectivity index (χ0v) is 22.0. The molecule has 0 aliphatic rings. The van der Waals surface area contributed by atoms with Crippen LogP contribution in [0.2, 0.25) is 13.3 Å². The predicted molar refractivity (Wildman–Crippen MR) is 125 cm³/mol. The third-order valence-electron chi connectivity index (χ3n) is 5.94. The topological polar surface area (TPSA) is 18.5 Å². The van der Waals surface area contributed by atoms with Crippen molar-refractivity contribution >= 4 is 18.4 Å². The van der Waals surface area contributed by atoms with E-state index in [-0.39, 0.29) is 0 Å². The summed E-state index contributed by atoms with van der Waals surface area (Å²) in [4.78, 5) is 0. The van der Waals surface area contributed by atoms with Crippen molar-refractivity contribution in [3.05, 3.63) is 47.5 Å². The van der Waals surface area contributed by atoms with Crippen LogP contribution >= 0.6 is 0 Å². The quantitative estimate of drug-likeness (QED) is 0.100. The van der Waals surface area contributed by atoms with Gasteiger partial charge in [-0.2, -0.15) is 0 Å². The van der Waals surface area contributed by atoms with Crippen molar-refractivity contribution < 1.29 is 9.47 Å². The Hall–Kier alpha value is -0.321. The Morgan fingerprint density at radius 1 is 0.929 bits per heavy atom. The molecule has 0 fully saturated rings. The Morgan fingerprint density at radius 3 is 1.93 bits per heavy atom. The summed E-state index contributed by atoms with van der Waals surface area (Å²) in [5, 5.41) is 0. The SMILES string of the molecule is C/C=C(\C)[CH](OCOCc1ccccc1)[Sn]([CH2]CCC)([CH2]CCC)[CH2]CCC. The average Bonchev–Trinajstić information content (AvgIpc) is 2.74. The van der Waals surface area contributed by atoms with Crippen molar-refractivity contribution in [1.82, 2.24) is 0 Å². The molecule has 0 aliphatic heterocycles. The van der Waals surface area contributed by atoms with E-state index in [1.54, 1.807) is 0 Å². The van der Waals surface area contributed by atoms with Crippen LogP contribution in [0, 0.1) is 0 Å². The molecule has 2 nitrogen and oxygen atoms in total. The van der Waals surface area contributed by atoms with E-state index in [1.807, 2.05) is 6.07 Å². The fraction of sp³-hybridized carbons (Fsp3) is 0.680. The number of benzene rings is 1. The second-order valence-corrected chi connectivity index (χ2v) is 21.8. The van der Waals surface area contributed by atoms with Gasteiger partial charge in [0.15, 0.2) is 0 Å². The maximum absolute atomic E-state index is 6.58. The van der Waals surface area contributed by atoms with Crippen LogP contribution in [0.25, 0.3) is 0 Å². The van der Waals surface area contributed by atoms with Gasteiger partial charge in [0.25, 0.3) is 0 Å². The van der Waals surface area contributed by atoms with Crippen LogP contribution in [0.4, 0.5) is 0 Å². The summed E-state index contributed by atoms with van der Waals surface area (Å²) >= 11 is -2.49. The van der Waals surface area contributed by atoms with Crippen LogP contribution < -0.4 is 0 Å². The van der Waals surface area contributed by atoms with Gasteiger partial charge in [0.2, 0.25) is 0 Å². The van der Waals surface area contributed by atoms with E-state index >= 15 is 0 Å². The zero-order valence-electron chi connectivity index (χ0n) is 19.1. The van der Waals surface area contributed by atoms with E-state index in [4.69, 9.17) is 9.47 Å². The normalized spacial score (nSPS) is 13.7. The summed E-state index contributed by atoms with van der Waals surface area (Å²) in [7, 11) is 0. The van der Waals surface area contributed by atoms with Gasteiger partial charge in [-0.25, -0.2) is 0 Å². The van der Waals surface area contributed by atoms with Crippen LogP contribution in [-0.4, -0.2) is 29.3 Å². The van der Waals surface area contributed by atoms with Crippen molar-refractivity contribution in [2.24, 2.45) is 0 Å². The summed E-state index contributed by atoms with van der Waals surface area (Å²) in [6.45, 7) is 12.5. The Kier molecular flexibility index (Phi) is 14.2. The summed E-state index contributed by atoms with van der Waals surface area (Å²) in [5.41, 5.74) is 2.66. The van der Waals surface area contributed by atoms with Gasteiger partial charge in [0, 0.05) is 0 Å². The Morgan fingerprint density at radius 2 is 1.46 bits per heavy atom. The van der Waals surface area contributed by atoms with Gasteiger partial charge in [0.1, 0.15) is 0 Å².